The van der Waals surface area contributed by atoms with Gasteiger partial charge in [-0.1, -0.05) is 72.3 Å². The van der Waals surface area contributed by atoms with Crippen molar-refractivity contribution in [3.8, 4) is 0 Å². The van der Waals surface area contributed by atoms with Crippen LogP contribution >= 0.6 is 11.6 Å². The third-order valence-electron chi connectivity index (χ3n) is 5.22. The average molecular weight is 502 g/mol. The molecule has 1 N–H and O–H groups in total. The number of nitro benzene ring substituents is 1. The Morgan fingerprint density at radius 3 is 2.29 bits per heavy atom. The molecular weight excluding hydrogens is 478 g/mol. The highest BCUT2D eigenvalue weighted by molar-refractivity contribution is 7.89. The number of nitrogens with one attached hydrogen (secondary N) is 1. The Hall–Kier alpha value is -3.27. The molecule has 0 aliphatic rings. The molecule has 10 heteroatoms. The first kappa shape index (κ1) is 25.4. The van der Waals surface area contributed by atoms with Crippen LogP contribution in [0.4, 0.5) is 5.69 Å². The molecule has 0 aliphatic heterocycles. The third kappa shape index (κ3) is 6.40. The fourth-order valence-corrected chi connectivity index (χ4v) is 5.01. The topological polar surface area (TPSA) is 110 Å². The molecule has 0 radical (unpaired) electrons. The molecule has 3 aromatic carbocycles. The van der Waals surface area contributed by atoms with Crippen LogP contribution in [0, 0.1) is 10.1 Å². The van der Waals surface area contributed by atoms with E-state index >= 15 is 0 Å². The molecule has 0 heterocycles. The first-order valence-electron chi connectivity index (χ1n) is 10.5. The SMILES string of the molecule is CC(NC(=O)CCN(Cc1ccccc1)S(=O)(=O)c1ccc(Cl)c([N+](=O)[O-])c1)c1ccccc1. The lowest BCUT2D eigenvalue weighted by Gasteiger charge is -2.23. The summed E-state index contributed by atoms with van der Waals surface area (Å²) < 4.78 is 28.0. The molecule has 8 nitrogen and oxygen atoms in total. The summed E-state index contributed by atoms with van der Waals surface area (Å²) in [6, 6.07) is 21.4. The van der Waals surface area contributed by atoms with Crippen LogP contribution in [0.15, 0.2) is 83.8 Å². The smallest absolute Gasteiger partial charge is 0.289 e. The summed E-state index contributed by atoms with van der Waals surface area (Å²) in [6.45, 7) is 1.74. The van der Waals surface area contributed by atoms with Gasteiger partial charge in [0.1, 0.15) is 5.02 Å². The second-order valence-corrected chi connectivity index (χ2v) is 9.99. The minimum Gasteiger partial charge on any atom is -0.350 e. The number of hydrogen-bond donors (Lipinski definition) is 1. The van der Waals surface area contributed by atoms with Crippen molar-refractivity contribution in [1.82, 2.24) is 9.62 Å². The van der Waals surface area contributed by atoms with Crippen LogP contribution in [0.3, 0.4) is 0 Å². The van der Waals surface area contributed by atoms with E-state index in [0.717, 1.165) is 15.9 Å². The van der Waals surface area contributed by atoms with Gasteiger partial charge in [0.25, 0.3) is 5.69 Å². The Labute approximate surface area is 203 Å². The molecule has 3 rings (SSSR count). The van der Waals surface area contributed by atoms with E-state index in [2.05, 4.69) is 5.32 Å². The number of nitrogens with zero attached hydrogens (tertiary/aromatic N) is 2. The number of nitro groups is 1. The lowest BCUT2D eigenvalue weighted by atomic mass is 10.1. The van der Waals surface area contributed by atoms with E-state index in [-0.39, 0.29) is 41.4 Å². The average Bonchev–Trinajstić information content (AvgIpc) is 2.82. The predicted molar refractivity (Wildman–Crippen MR) is 130 cm³/mol. The summed E-state index contributed by atoms with van der Waals surface area (Å²) in [6.07, 6.45) is -0.0844. The van der Waals surface area contributed by atoms with Crippen LogP contribution < -0.4 is 5.32 Å². The minimum atomic E-state index is -4.16. The van der Waals surface area contributed by atoms with Crippen molar-refractivity contribution in [2.75, 3.05) is 6.54 Å². The van der Waals surface area contributed by atoms with Crippen molar-refractivity contribution in [3.63, 3.8) is 0 Å². The van der Waals surface area contributed by atoms with Crippen LogP contribution in [0.1, 0.15) is 30.5 Å². The molecule has 0 spiro atoms. The Bertz CT molecular complexity index is 1250. The number of amides is 1. The van der Waals surface area contributed by atoms with Crippen LogP contribution in [0.5, 0.6) is 0 Å². The molecule has 0 saturated heterocycles. The van der Waals surface area contributed by atoms with Gasteiger partial charge in [-0.2, -0.15) is 4.31 Å². The van der Waals surface area contributed by atoms with Crippen molar-refractivity contribution in [1.29, 1.82) is 0 Å². The van der Waals surface area contributed by atoms with Crippen LogP contribution in [-0.4, -0.2) is 30.1 Å². The zero-order valence-electron chi connectivity index (χ0n) is 18.4. The van der Waals surface area contributed by atoms with E-state index in [0.29, 0.717) is 5.56 Å². The summed E-state index contributed by atoms with van der Waals surface area (Å²) in [5, 5.41) is 14.0. The van der Waals surface area contributed by atoms with E-state index in [1.807, 2.05) is 43.3 Å². The van der Waals surface area contributed by atoms with E-state index in [1.165, 1.54) is 12.1 Å². The van der Waals surface area contributed by atoms with Crippen LogP contribution in [-0.2, 0) is 21.4 Å². The van der Waals surface area contributed by atoms with Gasteiger partial charge in [0.15, 0.2) is 0 Å². The van der Waals surface area contributed by atoms with Gasteiger partial charge in [-0.15, -0.1) is 0 Å². The van der Waals surface area contributed by atoms with Crippen molar-refractivity contribution in [2.45, 2.75) is 30.8 Å². The second kappa shape index (κ2) is 11.2. The van der Waals surface area contributed by atoms with Gasteiger partial charge >= 0.3 is 0 Å². The van der Waals surface area contributed by atoms with E-state index in [1.54, 1.807) is 24.3 Å². The van der Waals surface area contributed by atoms with E-state index in [4.69, 9.17) is 11.6 Å². The molecule has 3 aromatic rings. The quantitative estimate of drug-likeness (QED) is 0.319. The number of sulfonamides is 1. The molecule has 1 amide bonds. The Balaban J connectivity index is 1.81. The van der Waals surface area contributed by atoms with Crippen molar-refractivity contribution < 1.29 is 18.1 Å². The highest BCUT2D eigenvalue weighted by Crippen LogP contribution is 2.29. The van der Waals surface area contributed by atoms with Crippen molar-refractivity contribution in [3.05, 3.63) is 105 Å². The molecule has 1 unspecified atom stereocenters. The Morgan fingerprint density at radius 2 is 1.68 bits per heavy atom. The number of hydrogen-bond acceptors (Lipinski definition) is 5. The van der Waals surface area contributed by atoms with Gasteiger partial charge in [-0.3, -0.25) is 14.9 Å². The van der Waals surface area contributed by atoms with Crippen LogP contribution in [0.25, 0.3) is 0 Å². The summed E-state index contributed by atoms with van der Waals surface area (Å²) >= 11 is 5.85. The molecule has 34 heavy (non-hydrogen) atoms. The first-order valence-corrected chi connectivity index (χ1v) is 12.3. The van der Waals surface area contributed by atoms with Crippen molar-refractivity contribution >= 4 is 33.2 Å². The summed E-state index contributed by atoms with van der Waals surface area (Å²) in [4.78, 5) is 22.9. The monoisotopic (exact) mass is 501 g/mol. The summed E-state index contributed by atoms with van der Waals surface area (Å²) in [5.41, 5.74) is 1.14. The maximum atomic E-state index is 13.4. The molecule has 0 aromatic heterocycles. The first-order chi connectivity index (χ1) is 16.2. The molecule has 178 valence electrons. The third-order valence-corrected chi connectivity index (χ3v) is 7.38. The molecule has 1 atom stereocenters. The summed E-state index contributed by atoms with van der Waals surface area (Å²) in [5.74, 6) is -0.313. The van der Waals surface area contributed by atoms with E-state index < -0.39 is 20.6 Å². The second-order valence-electron chi connectivity index (χ2n) is 7.64. The number of carbonyl (C=O) groups is 1. The number of carbonyl (C=O) groups excluding carboxylic acids is 1. The number of halogens is 1. The molecular formula is C24H24ClN3O5S. The molecule has 0 fully saturated rings. The molecule has 0 bridgehead atoms. The molecule has 0 saturated carbocycles. The fraction of sp³-hybridized carbons (Fsp3) is 0.208. The molecule has 0 aliphatic carbocycles. The van der Waals surface area contributed by atoms with E-state index in [9.17, 15) is 23.3 Å². The van der Waals surface area contributed by atoms with Gasteiger partial charge in [-0.25, -0.2) is 8.42 Å². The normalized spacial score (nSPS) is 12.3. The number of benzene rings is 3. The zero-order chi connectivity index (χ0) is 24.7. The predicted octanol–water partition coefficient (Wildman–Crippen LogP) is 4.71. The van der Waals surface area contributed by atoms with Gasteiger partial charge < -0.3 is 5.32 Å². The minimum absolute atomic E-state index is 0.00111. The lowest BCUT2D eigenvalue weighted by Crippen LogP contribution is -2.35. The number of rotatable bonds is 10. The van der Waals surface area contributed by atoms with Gasteiger partial charge in [0.05, 0.1) is 15.9 Å². The maximum Gasteiger partial charge on any atom is 0.289 e. The highest BCUT2D eigenvalue weighted by Gasteiger charge is 2.28. The van der Waals surface area contributed by atoms with Gasteiger partial charge in [-0.05, 0) is 30.2 Å². The largest absolute Gasteiger partial charge is 0.350 e. The van der Waals surface area contributed by atoms with Gasteiger partial charge in [0.2, 0.25) is 15.9 Å². The van der Waals surface area contributed by atoms with Crippen LogP contribution in [0.2, 0.25) is 5.02 Å². The highest BCUT2D eigenvalue weighted by atomic mass is 35.5. The zero-order valence-corrected chi connectivity index (χ0v) is 20.0. The Kier molecular flexibility index (Phi) is 8.38. The standard InChI is InChI=1S/C24H24ClN3O5S/c1-18(20-10-6-3-7-11-20)26-24(29)14-15-27(17-19-8-4-2-5-9-19)34(32,33)21-12-13-22(25)23(16-21)28(30)31/h2-13,16,18H,14-15,17H2,1H3,(H,26,29). The van der Waals surface area contributed by atoms with Gasteiger partial charge in [0, 0.05) is 25.6 Å². The fourth-order valence-electron chi connectivity index (χ4n) is 3.38. The maximum absolute atomic E-state index is 13.4. The Morgan fingerprint density at radius 1 is 1.06 bits per heavy atom. The summed E-state index contributed by atoms with van der Waals surface area (Å²) in [7, 11) is -4.16. The van der Waals surface area contributed by atoms with Crippen molar-refractivity contribution in [2.24, 2.45) is 0 Å². The lowest BCUT2D eigenvalue weighted by molar-refractivity contribution is -0.384.